The summed E-state index contributed by atoms with van der Waals surface area (Å²) in [5.74, 6) is 0.774. The van der Waals surface area contributed by atoms with E-state index in [1.807, 2.05) is 23.9 Å². The van der Waals surface area contributed by atoms with E-state index in [2.05, 4.69) is 46.6 Å². The molecule has 4 aromatic rings. The molecule has 3 aliphatic rings. The standard InChI is InChI=1S/C30H29F3N4O2/c1-36-28(16-27(35-36)22-10-9-19-5-2-3-6-20(19)13-22)26-17-37-12-11-21(26)14-25(37)18-39-29(38)34-24-8-4-7-23(15-24)30(31,32)33/h2-10,13,15-16,21,25-26H,11-12,14,17-18H2,1H3,(H,34,38). The van der Waals surface area contributed by atoms with Gasteiger partial charge >= 0.3 is 12.3 Å². The number of rotatable bonds is 5. The van der Waals surface area contributed by atoms with E-state index in [4.69, 9.17) is 9.84 Å². The first kappa shape index (κ1) is 25.4. The van der Waals surface area contributed by atoms with Crippen LogP contribution in [-0.4, -0.2) is 46.5 Å². The summed E-state index contributed by atoms with van der Waals surface area (Å²) in [5, 5.41) is 9.64. The van der Waals surface area contributed by atoms with Gasteiger partial charge in [-0.05, 0) is 66.4 Å². The number of nitrogens with zero attached hydrogens (tertiary/aromatic N) is 3. The van der Waals surface area contributed by atoms with E-state index in [9.17, 15) is 18.0 Å². The third-order valence-electron chi connectivity index (χ3n) is 8.06. The van der Waals surface area contributed by atoms with Crippen LogP contribution in [-0.2, 0) is 18.0 Å². The number of anilines is 1. The summed E-state index contributed by atoms with van der Waals surface area (Å²) >= 11 is 0. The van der Waals surface area contributed by atoms with Gasteiger partial charge in [0.15, 0.2) is 0 Å². The molecule has 1 aromatic heterocycles. The van der Waals surface area contributed by atoms with Gasteiger partial charge in [0.25, 0.3) is 0 Å². The summed E-state index contributed by atoms with van der Waals surface area (Å²) in [6, 6.07) is 21.5. The summed E-state index contributed by atoms with van der Waals surface area (Å²) in [6.45, 7) is 1.98. The minimum atomic E-state index is -4.48. The van der Waals surface area contributed by atoms with Crippen molar-refractivity contribution >= 4 is 22.6 Å². The summed E-state index contributed by atoms with van der Waals surface area (Å²) < 4.78 is 46.3. The molecular formula is C30H29F3N4O2. The van der Waals surface area contributed by atoms with Crippen LogP contribution in [0.1, 0.15) is 30.0 Å². The van der Waals surface area contributed by atoms with E-state index in [1.165, 1.54) is 28.6 Å². The summed E-state index contributed by atoms with van der Waals surface area (Å²) in [6.07, 6.45) is -3.27. The highest BCUT2D eigenvalue weighted by Crippen LogP contribution is 2.42. The van der Waals surface area contributed by atoms with Crippen molar-refractivity contribution in [2.24, 2.45) is 13.0 Å². The highest BCUT2D eigenvalue weighted by atomic mass is 19.4. The zero-order chi connectivity index (χ0) is 27.1. The van der Waals surface area contributed by atoms with Crippen LogP contribution in [0.25, 0.3) is 22.0 Å². The Morgan fingerprint density at radius 3 is 2.64 bits per heavy atom. The van der Waals surface area contributed by atoms with Crippen LogP contribution in [0.15, 0.2) is 72.8 Å². The first-order valence-corrected chi connectivity index (χ1v) is 13.1. The van der Waals surface area contributed by atoms with Gasteiger partial charge < -0.3 is 4.74 Å². The Bertz CT molecular complexity index is 1520. The number of fused-ring (bicyclic) bond motifs is 4. The number of carbonyl (C=O) groups is 1. The van der Waals surface area contributed by atoms with E-state index in [0.29, 0.717) is 11.8 Å². The smallest absolute Gasteiger partial charge is 0.416 e. The average molecular weight is 535 g/mol. The van der Waals surface area contributed by atoms with Crippen LogP contribution < -0.4 is 5.32 Å². The van der Waals surface area contributed by atoms with Gasteiger partial charge in [0.2, 0.25) is 0 Å². The molecule has 1 amide bonds. The zero-order valence-electron chi connectivity index (χ0n) is 21.5. The Morgan fingerprint density at radius 1 is 1.05 bits per heavy atom. The van der Waals surface area contributed by atoms with Crippen molar-refractivity contribution < 1.29 is 22.7 Å². The maximum Gasteiger partial charge on any atom is 0.416 e. The fourth-order valence-corrected chi connectivity index (χ4v) is 6.06. The third kappa shape index (κ3) is 5.23. The van der Waals surface area contributed by atoms with Crippen molar-refractivity contribution in [1.29, 1.82) is 0 Å². The van der Waals surface area contributed by atoms with E-state index in [1.54, 1.807) is 0 Å². The SMILES string of the molecule is Cn1nc(-c2ccc3ccccc3c2)cc1C1CN2CCC1CC2COC(=O)Nc1cccc(C(F)(F)F)c1. The molecule has 3 saturated heterocycles. The predicted octanol–water partition coefficient (Wildman–Crippen LogP) is 6.69. The van der Waals surface area contributed by atoms with Crippen LogP contribution in [0, 0.1) is 5.92 Å². The van der Waals surface area contributed by atoms with E-state index in [0.717, 1.165) is 49.3 Å². The summed E-state index contributed by atoms with van der Waals surface area (Å²) in [4.78, 5) is 14.7. The lowest BCUT2D eigenvalue weighted by atomic mass is 9.74. The number of halogens is 3. The van der Waals surface area contributed by atoms with Crippen molar-refractivity contribution in [2.45, 2.75) is 31.0 Å². The number of benzene rings is 3. The van der Waals surface area contributed by atoms with Crippen molar-refractivity contribution in [3.63, 3.8) is 0 Å². The molecule has 0 radical (unpaired) electrons. The van der Waals surface area contributed by atoms with Gasteiger partial charge in [0.05, 0.1) is 11.3 Å². The third-order valence-corrected chi connectivity index (χ3v) is 8.06. The minimum absolute atomic E-state index is 0.0544. The first-order chi connectivity index (χ1) is 18.7. The van der Waals surface area contributed by atoms with Gasteiger partial charge in [0.1, 0.15) is 6.61 Å². The lowest BCUT2D eigenvalue weighted by Crippen LogP contribution is -2.54. The molecule has 9 heteroatoms. The number of carbonyl (C=O) groups excluding carboxylic acids is 1. The molecule has 4 atom stereocenters. The number of aryl methyl sites for hydroxylation is 1. The molecule has 3 aliphatic heterocycles. The van der Waals surface area contributed by atoms with Crippen LogP contribution in [0.5, 0.6) is 0 Å². The van der Waals surface area contributed by atoms with Gasteiger partial charge in [-0.1, -0.05) is 42.5 Å². The lowest BCUT2D eigenvalue weighted by Gasteiger charge is -2.49. The van der Waals surface area contributed by atoms with Crippen molar-refractivity contribution in [3.8, 4) is 11.3 Å². The van der Waals surface area contributed by atoms with Gasteiger partial charge in [-0.15, -0.1) is 0 Å². The molecule has 4 heterocycles. The Hall–Kier alpha value is -3.85. The highest BCUT2D eigenvalue weighted by molar-refractivity contribution is 5.87. The molecule has 0 spiro atoms. The molecule has 202 valence electrons. The van der Waals surface area contributed by atoms with E-state index in [-0.39, 0.29) is 18.3 Å². The molecule has 7 rings (SSSR count). The molecule has 1 N–H and O–H groups in total. The average Bonchev–Trinajstić information content (AvgIpc) is 3.33. The predicted molar refractivity (Wildman–Crippen MR) is 143 cm³/mol. The Balaban J connectivity index is 1.09. The number of ether oxygens (including phenoxy) is 1. The fraction of sp³-hybridized carbons (Fsp3) is 0.333. The fourth-order valence-electron chi connectivity index (χ4n) is 6.06. The quantitative estimate of drug-likeness (QED) is 0.310. The van der Waals surface area contributed by atoms with Gasteiger partial charge in [-0.2, -0.15) is 18.3 Å². The second-order valence-electron chi connectivity index (χ2n) is 10.5. The van der Waals surface area contributed by atoms with Crippen molar-refractivity contribution in [3.05, 3.63) is 84.1 Å². The Labute approximate surface area is 224 Å². The lowest BCUT2D eigenvalue weighted by molar-refractivity contribution is -0.137. The number of amides is 1. The van der Waals surface area contributed by atoms with Gasteiger partial charge in [-0.3, -0.25) is 14.9 Å². The van der Waals surface area contributed by atoms with Crippen molar-refractivity contribution in [1.82, 2.24) is 14.7 Å². The molecular weight excluding hydrogens is 505 g/mol. The maximum absolute atomic E-state index is 13.0. The van der Waals surface area contributed by atoms with E-state index >= 15 is 0 Å². The zero-order valence-corrected chi connectivity index (χ0v) is 21.5. The second kappa shape index (κ2) is 10.0. The van der Waals surface area contributed by atoms with Crippen molar-refractivity contribution in [2.75, 3.05) is 25.0 Å². The minimum Gasteiger partial charge on any atom is -0.448 e. The molecule has 0 saturated carbocycles. The monoisotopic (exact) mass is 534 g/mol. The Kier molecular flexibility index (Phi) is 6.54. The summed E-state index contributed by atoms with van der Waals surface area (Å²) in [5.41, 5.74) is 2.49. The van der Waals surface area contributed by atoms with Crippen LogP contribution >= 0.6 is 0 Å². The largest absolute Gasteiger partial charge is 0.448 e. The van der Waals surface area contributed by atoms with Crippen LogP contribution in [0.3, 0.4) is 0 Å². The highest BCUT2D eigenvalue weighted by Gasteiger charge is 2.42. The molecule has 3 fully saturated rings. The van der Waals surface area contributed by atoms with Crippen LogP contribution in [0.4, 0.5) is 23.7 Å². The molecule has 39 heavy (non-hydrogen) atoms. The molecule has 6 nitrogen and oxygen atoms in total. The molecule has 0 aliphatic carbocycles. The molecule has 2 bridgehead atoms. The summed E-state index contributed by atoms with van der Waals surface area (Å²) in [7, 11) is 2.00. The maximum atomic E-state index is 13.0. The second-order valence-corrected chi connectivity index (χ2v) is 10.5. The topological polar surface area (TPSA) is 59.4 Å². The number of alkyl halides is 3. The van der Waals surface area contributed by atoms with Gasteiger partial charge in [-0.25, -0.2) is 4.79 Å². The van der Waals surface area contributed by atoms with E-state index < -0.39 is 17.8 Å². The first-order valence-electron chi connectivity index (χ1n) is 13.1. The molecule has 3 aromatic carbocycles. The number of piperidine rings is 3. The normalized spacial score (nSPS) is 22.7. The van der Waals surface area contributed by atoms with Gasteiger partial charge in [0, 0.05) is 42.5 Å². The molecule has 4 unspecified atom stereocenters. The number of aromatic nitrogens is 2. The van der Waals surface area contributed by atoms with Crippen LogP contribution in [0.2, 0.25) is 0 Å². The Morgan fingerprint density at radius 2 is 1.87 bits per heavy atom. The number of nitrogens with one attached hydrogen (secondary N) is 1. The number of hydrogen-bond donors (Lipinski definition) is 1. The number of hydrogen-bond acceptors (Lipinski definition) is 4.